The first-order chi connectivity index (χ1) is 12.0. The van der Waals surface area contributed by atoms with Gasteiger partial charge in [-0.2, -0.15) is 0 Å². The van der Waals surface area contributed by atoms with Gasteiger partial charge >= 0.3 is 0 Å². The molecule has 2 aromatic rings. The number of aromatic nitrogens is 4. The monoisotopic (exact) mass is 412 g/mol. The van der Waals surface area contributed by atoms with E-state index < -0.39 is 5.91 Å². The Balaban J connectivity index is 2.15. The molecule has 10 heteroatoms. The topological polar surface area (TPSA) is 117 Å². The first-order valence-corrected chi connectivity index (χ1v) is 8.70. The Hall–Kier alpha value is -2.36. The molecule has 0 saturated heterocycles. The van der Waals surface area contributed by atoms with E-state index >= 15 is 0 Å². The number of ether oxygens (including phenoxy) is 2. The highest BCUT2D eigenvalue weighted by Gasteiger charge is 2.14. The average molecular weight is 413 g/mol. The predicted octanol–water partition coefficient (Wildman–Crippen LogP) is 1.72. The highest BCUT2D eigenvalue weighted by Crippen LogP contribution is 2.37. The van der Waals surface area contributed by atoms with E-state index in [1.165, 1.54) is 0 Å². The quantitative estimate of drug-likeness (QED) is 0.609. The van der Waals surface area contributed by atoms with Gasteiger partial charge in [0.2, 0.25) is 5.95 Å². The molecule has 1 aromatic heterocycles. The zero-order valence-electron chi connectivity index (χ0n) is 14.2. The van der Waals surface area contributed by atoms with Crippen molar-refractivity contribution in [1.82, 2.24) is 20.2 Å². The second-order valence-corrected chi connectivity index (χ2v) is 6.03. The van der Waals surface area contributed by atoms with Crippen LogP contribution in [0.3, 0.4) is 0 Å². The molecule has 1 amide bonds. The van der Waals surface area contributed by atoms with Crippen LogP contribution in [0.1, 0.15) is 25.8 Å². The molecule has 1 heterocycles. The lowest BCUT2D eigenvalue weighted by Crippen LogP contribution is -2.20. The maximum absolute atomic E-state index is 10.9. The number of benzene rings is 1. The number of rotatable bonds is 10. The number of nitrogens with zero attached hydrogens (tertiary/aromatic N) is 4. The molecule has 0 radical (unpaired) electrons. The number of aryl methyl sites for hydroxylation is 1. The second-order valence-electron chi connectivity index (χ2n) is 5.17. The van der Waals surface area contributed by atoms with E-state index in [0.717, 1.165) is 18.5 Å². The lowest BCUT2D eigenvalue weighted by atomic mass is 10.2. The van der Waals surface area contributed by atoms with Gasteiger partial charge in [0, 0.05) is 13.1 Å². The summed E-state index contributed by atoms with van der Waals surface area (Å²) in [4.78, 5) is 10.9. The third kappa shape index (κ3) is 5.31. The van der Waals surface area contributed by atoms with Gasteiger partial charge in [-0.3, -0.25) is 4.79 Å². The Labute approximate surface area is 154 Å². The van der Waals surface area contributed by atoms with Crippen LogP contribution < -0.4 is 20.5 Å². The summed E-state index contributed by atoms with van der Waals surface area (Å²) in [6.07, 6.45) is 0.936. The number of carbonyl (C=O) groups excluding carboxylic acids is 1. The summed E-state index contributed by atoms with van der Waals surface area (Å²) < 4.78 is 13.4. The molecule has 0 unspecified atom stereocenters. The lowest BCUT2D eigenvalue weighted by Gasteiger charge is -2.15. The number of hydrogen-bond acceptors (Lipinski definition) is 7. The molecule has 25 heavy (non-hydrogen) atoms. The number of amides is 1. The van der Waals surface area contributed by atoms with Crippen molar-refractivity contribution in [3.8, 4) is 11.5 Å². The first-order valence-electron chi connectivity index (χ1n) is 7.91. The maximum Gasteiger partial charge on any atom is 0.255 e. The van der Waals surface area contributed by atoms with Gasteiger partial charge in [-0.1, -0.05) is 12.0 Å². The van der Waals surface area contributed by atoms with Crippen LogP contribution in [-0.2, 0) is 17.9 Å². The largest absolute Gasteiger partial charge is 0.490 e. The zero-order chi connectivity index (χ0) is 18.2. The van der Waals surface area contributed by atoms with Gasteiger partial charge in [-0.25, -0.2) is 4.68 Å². The minimum Gasteiger partial charge on any atom is -0.490 e. The number of tetrazole rings is 1. The van der Waals surface area contributed by atoms with Gasteiger partial charge in [0.25, 0.3) is 5.91 Å². The summed E-state index contributed by atoms with van der Waals surface area (Å²) in [5.74, 6) is 1.02. The Bertz CT molecular complexity index is 721. The summed E-state index contributed by atoms with van der Waals surface area (Å²) in [7, 11) is 0. The molecule has 0 bridgehead atoms. The van der Waals surface area contributed by atoms with E-state index in [4.69, 9.17) is 15.2 Å². The van der Waals surface area contributed by atoms with E-state index in [1.807, 2.05) is 19.1 Å². The van der Waals surface area contributed by atoms with Gasteiger partial charge < -0.3 is 20.5 Å². The number of nitrogens with two attached hydrogens (primary N) is 1. The summed E-state index contributed by atoms with van der Waals surface area (Å²) in [5.41, 5.74) is 6.07. The fourth-order valence-corrected chi connectivity index (χ4v) is 2.75. The number of halogens is 1. The van der Waals surface area contributed by atoms with Crippen molar-refractivity contribution in [1.29, 1.82) is 0 Å². The Morgan fingerprint density at radius 3 is 2.84 bits per heavy atom. The highest BCUT2D eigenvalue weighted by molar-refractivity contribution is 9.10. The lowest BCUT2D eigenvalue weighted by molar-refractivity contribution is -0.119. The van der Waals surface area contributed by atoms with Gasteiger partial charge in [0.15, 0.2) is 18.1 Å². The standard InChI is InChI=1S/C15H21BrN6O3/c1-3-5-22-15(19-20-21-22)18-8-10-6-11(16)14(25-9-13(17)23)12(7-10)24-4-2/h6-7H,3-5,8-9H2,1-2H3,(H2,17,23)(H,18,19,21). The van der Waals surface area contributed by atoms with Crippen molar-refractivity contribution < 1.29 is 14.3 Å². The fraction of sp³-hybridized carbons (Fsp3) is 0.467. The van der Waals surface area contributed by atoms with Crippen LogP contribution in [0.2, 0.25) is 0 Å². The molecule has 0 aliphatic heterocycles. The van der Waals surface area contributed by atoms with Crippen LogP contribution >= 0.6 is 15.9 Å². The SMILES string of the molecule is CCCn1nnnc1NCc1cc(Br)c(OCC(N)=O)c(OCC)c1. The van der Waals surface area contributed by atoms with Gasteiger partial charge in [-0.15, -0.1) is 0 Å². The molecule has 0 aliphatic carbocycles. The van der Waals surface area contributed by atoms with Crippen molar-refractivity contribution >= 4 is 27.8 Å². The van der Waals surface area contributed by atoms with Gasteiger partial charge in [-0.05, 0) is 57.4 Å². The maximum atomic E-state index is 10.9. The Morgan fingerprint density at radius 1 is 1.36 bits per heavy atom. The van der Waals surface area contributed by atoms with E-state index in [-0.39, 0.29) is 6.61 Å². The molecule has 0 atom stereocenters. The number of anilines is 1. The number of nitrogens with one attached hydrogen (secondary N) is 1. The first kappa shape index (κ1) is 19.0. The van der Waals surface area contributed by atoms with Crippen molar-refractivity contribution in [3.63, 3.8) is 0 Å². The predicted molar refractivity (Wildman–Crippen MR) is 95.4 cm³/mol. The van der Waals surface area contributed by atoms with Gasteiger partial charge in [0.1, 0.15) is 0 Å². The minimum absolute atomic E-state index is 0.220. The van der Waals surface area contributed by atoms with E-state index in [9.17, 15) is 4.79 Å². The van der Waals surface area contributed by atoms with Crippen molar-refractivity contribution in [2.24, 2.45) is 5.73 Å². The number of hydrogen-bond donors (Lipinski definition) is 2. The summed E-state index contributed by atoms with van der Waals surface area (Å²) >= 11 is 3.45. The third-order valence-corrected chi connectivity index (χ3v) is 3.73. The number of carbonyl (C=O) groups is 1. The average Bonchev–Trinajstić information content (AvgIpc) is 3.00. The molecule has 0 saturated carbocycles. The van der Waals surface area contributed by atoms with Crippen molar-refractivity contribution in [3.05, 3.63) is 22.2 Å². The molecule has 0 aliphatic rings. The van der Waals surface area contributed by atoms with Crippen LogP contribution in [0.25, 0.3) is 0 Å². The summed E-state index contributed by atoms with van der Waals surface area (Å²) in [6, 6.07) is 3.71. The second kappa shape index (κ2) is 9.21. The molecular formula is C15H21BrN6O3. The molecule has 136 valence electrons. The van der Waals surface area contributed by atoms with Crippen LogP contribution in [-0.4, -0.2) is 39.3 Å². The normalized spacial score (nSPS) is 10.5. The minimum atomic E-state index is -0.553. The molecule has 2 rings (SSSR count). The molecule has 1 aromatic carbocycles. The van der Waals surface area contributed by atoms with Crippen molar-refractivity contribution in [2.45, 2.75) is 33.4 Å². The molecule has 3 N–H and O–H groups in total. The molecule has 9 nitrogen and oxygen atoms in total. The van der Waals surface area contributed by atoms with Crippen LogP contribution in [0.5, 0.6) is 11.5 Å². The Morgan fingerprint density at radius 2 is 2.16 bits per heavy atom. The van der Waals surface area contributed by atoms with Crippen LogP contribution in [0, 0.1) is 0 Å². The molecular weight excluding hydrogens is 392 g/mol. The van der Waals surface area contributed by atoms with Crippen molar-refractivity contribution in [2.75, 3.05) is 18.5 Å². The van der Waals surface area contributed by atoms with E-state index in [2.05, 4.69) is 43.7 Å². The number of primary amides is 1. The van der Waals surface area contributed by atoms with E-state index in [1.54, 1.807) is 4.68 Å². The van der Waals surface area contributed by atoms with Crippen LogP contribution in [0.4, 0.5) is 5.95 Å². The van der Waals surface area contributed by atoms with Gasteiger partial charge in [0.05, 0.1) is 11.1 Å². The zero-order valence-corrected chi connectivity index (χ0v) is 15.7. The van der Waals surface area contributed by atoms with Crippen LogP contribution in [0.15, 0.2) is 16.6 Å². The highest BCUT2D eigenvalue weighted by atomic mass is 79.9. The fourth-order valence-electron chi connectivity index (χ4n) is 2.14. The smallest absolute Gasteiger partial charge is 0.255 e. The molecule has 0 fully saturated rings. The van der Waals surface area contributed by atoms with E-state index in [0.29, 0.717) is 35.1 Å². The molecule has 0 spiro atoms. The Kier molecular flexibility index (Phi) is 6.99. The summed E-state index contributed by atoms with van der Waals surface area (Å²) in [6.45, 7) is 5.41. The third-order valence-electron chi connectivity index (χ3n) is 3.15. The summed E-state index contributed by atoms with van der Waals surface area (Å²) in [5, 5.41) is 14.8.